The van der Waals surface area contributed by atoms with Crippen molar-refractivity contribution in [3.63, 3.8) is 0 Å². The first-order valence-corrected chi connectivity index (χ1v) is 10.0. The Bertz CT molecular complexity index is 739. The molecular weight excluding hydrogens is 305 g/mol. The Balaban J connectivity index is 2.21. The minimum Gasteiger partial charge on any atom is -0.388 e. The fourth-order valence-corrected chi connectivity index (χ4v) is 6.30. The SMILES string of the molecule is CNc1ccc(P(=S)(c2ccccc2)c2ccccc2)cc1. The maximum atomic E-state index is 6.27. The van der Waals surface area contributed by atoms with Gasteiger partial charge in [0.15, 0.2) is 0 Å². The highest BCUT2D eigenvalue weighted by Gasteiger charge is 2.24. The zero-order chi connectivity index (χ0) is 15.4. The fourth-order valence-electron chi connectivity index (χ4n) is 2.56. The molecule has 0 aliphatic carbocycles. The minimum absolute atomic E-state index is 1.10. The van der Waals surface area contributed by atoms with Crippen molar-refractivity contribution in [3.05, 3.63) is 84.9 Å². The van der Waals surface area contributed by atoms with Crippen molar-refractivity contribution in [2.75, 3.05) is 12.4 Å². The standard InChI is InChI=1S/C19H18NPS/c1-20-16-12-14-19(15-13-16)21(22,17-8-4-2-5-9-17)18-10-6-3-7-11-18/h2-15,20H,1H3. The molecule has 0 radical (unpaired) electrons. The lowest BCUT2D eigenvalue weighted by Crippen LogP contribution is -2.24. The summed E-state index contributed by atoms with van der Waals surface area (Å²) in [6.45, 7) is 0. The van der Waals surface area contributed by atoms with E-state index >= 15 is 0 Å². The Morgan fingerprint density at radius 1 is 0.636 bits per heavy atom. The monoisotopic (exact) mass is 323 g/mol. The van der Waals surface area contributed by atoms with E-state index in [0.29, 0.717) is 0 Å². The van der Waals surface area contributed by atoms with Gasteiger partial charge >= 0.3 is 0 Å². The number of hydrogen-bond acceptors (Lipinski definition) is 2. The average molecular weight is 323 g/mol. The van der Waals surface area contributed by atoms with Crippen LogP contribution in [0.3, 0.4) is 0 Å². The van der Waals surface area contributed by atoms with Gasteiger partial charge < -0.3 is 5.32 Å². The van der Waals surface area contributed by atoms with Gasteiger partial charge in [-0.1, -0.05) is 84.6 Å². The second-order valence-electron chi connectivity index (χ2n) is 5.08. The van der Waals surface area contributed by atoms with Crippen LogP contribution in [0.4, 0.5) is 5.69 Å². The molecule has 110 valence electrons. The van der Waals surface area contributed by atoms with E-state index in [-0.39, 0.29) is 0 Å². The summed E-state index contributed by atoms with van der Waals surface area (Å²) in [6.07, 6.45) is 0. The van der Waals surface area contributed by atoms with Gasteiger partial charge in [0.1, 0.15) is 0 Å². The van der Waals surface area contributed by atoms with Crippen LogP contribution in [-0.4, -0.2) is 7.05 Å². The summed E-state index contributed by atoms with van der Waals surface area (Å²) >= 11 is 6.27. The topological polar surface area (TPSA) is 12.0 Å². The van der Waals surface area contributed by atoms with Gasteiger partial charge in [0.2, 0.25) is 0 Å². The third-order valence-electron chi connectivity index (χ3n) is 3.76. The first kappa shape index (κ1) is 15.0. The molecule has 0 saturated heterocycles. The molecule has 0 fully saturated rings. The van der Waals surface area contributed by atoms with Crippen LogP contribution in [0.15, 0.2) is 84.9 Å². The molecule has 0 atom stereocenters. The second-order valence-corrected chi connectivity index (χ2v) is 9.49. The van der Waals surface area contributed by atoms with Gasteiger partial charge in [-0.3, -0.25) is 0 Å². The zero-order valence-electron chi connectivity index (χ0n) is 12.4. The molecule has 3 aromatic carbocycles. The predicted molar refractivity (Wildman–Crippen MR) is 102 cm³/mol. The largest absolute Gasteiger partial charge is 0.388 e. The quantitative estimate of drug-likeness (QED) is 0.738. The molecule has 0 heterocycles. The van der Waals surface area contributed by atoms with Gasteiger partial charge in [0.05, 0.1) is 0 Å². The van der Waals surface area contributed by atoms with E-state index in [9.17, 15) is 0 Å². The number of hydrogen-bond donors (Lipinski definition) is 1. The molecule has 3 aromatic rings. The van der Waals surface area contributed by atoms with Crippen LogP contribution in [0.1, 0.15) is 0 Å². The van der Waals surface area contributed by atoms with E-state index in [1.807, 2.05) is 19.2 Å². The van der Waals surface area contributed by atoms with Crippen molar-refractivity contribution in [1.82, 2.24) is 0 Å². The third-order valence-corrected chi connectivity index (χ3v) is 8.73. The van der Waals surface area contributed by atoms with E-state index in [1.165, 1.54) is 15.9 Å². The van der Waals surface area contributed by atoms with Crippen LogP contribution in [0, 0.1) is 0 Å². The molecule has 1 nitrogen and oxygen atoms in total. The van der Waals surface area contributed by atoms with Crippen molar-refractivity contribution in [2.24, 2.45) is 0 Å². The Kier molecular flexibility index (Phi) is 4.42. The molecule has 22 heavy (non-hydrogen) atoms. The molecule has 0 bridgehead atoms. The Labute approximate surface area is 137 Å². The maximum absolute atomic E-state index is 6.27. The second kappa shape index (κ2) is 6.48. The normalized spacial score (nSPS) is 11.1. The van der Waals surface area contributed by atoms with Gasteiger partial charge in [0.25, 0.3) is 0 Å². The zero-order valence-corrected chi connectivity index (χ0v) is 14.1. The van der Waals surface area contributed by atoms with E-state index in [2.05, 4.69) is 78.1 Å². The van der Waals surface area contributed by atoms with E-state index in [1.54, 1.807) is 0 Å². The Morgan fingerprint density at radius 2 is 1.05 bits per heavy atom. The molecule has 3 rings (SSSR count). The molecule has 0 amide bonds. The summed E-state index contributed by atoms with van der Waals surface area (Å²) in [5.41, 5.74) is 1.10. The summed E-state index contributed by atoms with van der Waals surface area (Å²) in [5, 5.41) is 6.84. The van der Waals surface area contributed by atoms with Crippen molar-refractivity contribution >= 4 is 39.4 Å². The molecular formula is C19H18NPS. The van der Waals surface area contributed by atoms with Crippen molar-refractivity contribution in [2.45, 2.75) is 0 Å². The fraction of sp³-hybridized carbons (Fsp3) is 0.0526. The average Bonchev–Trinajstić information content (AvgIpc) is 2.62. The maximum Gasteiger partial charge on any atom is 0.0379 e. The first-order valence-electron chi connectivity index (χ1n) is 7.25. The van der Waals surface area contributed by atoms with Crippen LogP contribution < -0.4 is 21.2 Å². The predicted octanol–water partition coefficient (Wildman–Crippen LogP) is 3.48. The minimum atomic E-state index is -2.00. The molecule has 0 unspecified atom stereocenters. The smallest absolute Gasteiger partial charge is 0.0379 e. The highest BCUT2D eigenvalue weighted by atomic mass is 32.4. The van der Waals surface area contributed by atoms with Gasteiger partial charge in [-0.25, -0.2) is 0 Å². The number of nitrogens with one attached hydrogen (secondary N) is 1. The molecule has 3 heteroatoms. The van der Waals surface area contributed by atoms with Crippen LogP contribution in [0.2, 0.25) is 0 Å². The summed E-state index contributed by atoms with van der Waals surface area (Å²) in [4.78, 5) is 0. The van der Waals surface area contributed by atoms with Crippen LogP contribution in [0.5, 0.6) is 0 Å². The Morgan fingerprint density at radius 3 is 1.45 bits per heavy atom. The van der Waals surface area contributed by atoms with Crippen molar-refractivity contribution in [3.8, 4) is 0 Å². The van der Waals surface area contributed by atoms with E-state index in [0.717, 1.165) is 5.69 Å². The lowest BCUT2D eigenvalue weighted by Gasteiger charge is -2.24. The highest BCUT2D eigenvalue weighted by molar-refractivity contribution is 8.25. The highest BCUT2D eigenvalue weighted by Crippen LogP contribution is 2.42. The summed E-state index contributed by atoms with van der Waals surface area (Å²) in [5.74, 6) is 0. The lowest BCUT2D eigenvalue weighted by molar-refractivity contribution is 1.52. The summed E-state index contributed by atoms with van der Waals surface area (Å²) in [6, 6.07) is 27.5. The van der Waals surface area contributed by atoms with Gasteiger partial charge in [0, 0.05) is 18.8 Å². The van der Waals surface area contributed by atoms with E-state index in [4.69, 9.17) is 11.8 Å². The molecule has 0 saturated carbocycles. The first-order chi connectivity index (χ1) is 10.7. The Hall–Kier alpha value is -1.89. The van der Waals surface area contributed by atoms with Crippen LogP contribution in [-0.2, 0) is 11.8 Å². The van der Waals surface area contributed by atoms with Crippen molar-refractivity contribution in [1.29, 1.82) is 0 Å². The third kappa shape index (κ3) is 2.72. The summed E-state index contributed by atoms with van der Waals surface area (Å²) in [7, 11) is 1.93. The molecule has 1 N–H and O–H groups in total. The van der Waals surface area contributed by atoms with Crippen LogP contribution >= 0.6 is 6.04 Å². The number of rotatable bonds is 4. The van der Waals surface area contributed by atoms with Gasteiger partial charge in [-0.15, -0.1) is 0 Å². The number of benzene rings is 3. The van der Waals surface area contributed by atoms with E-state index < -0.39 is 6.04 Å². The van der Waals surface area contributed by atoms with Crippen molar-refractivity contribution < 1.29 is 0 Å². The summed E-state index contributed by atoms with van der Waals surface area (Å²) < 4.78 is 0. The van der Waals surface area contributed by atoms with Gasteiger partial charge in [-0.05, 0) is 28.0 Å². The molecule has 0 spiro atoms. The number of anilines is 1. The molecule has 0 aliphatic rings. The van der Waals surface area contributed by atoms with Gasteiger partial charge in [-0.2, -0.15) is 0 Å². The molecule has 0 aliphatic heterocycles. The van der Waals surface area contributed by atoms with Crippen LogP contribution in [0.25, 0.3) is 0 Å². The lowest BCUT2D eigenvalue weighted by atomic mass is 10.3. The molecule has 0 aromatic heterocycles.